The lowest BCUT2D eigenvalue weighted by molar-refractivity contribution is -0.154. The summed E-state index contributed by atoms with van der Waals surface area (Å²) in [7, 11) is 0. The van der Waals surface area contributed by atoms with E-state index in [1.54, 1.807) is 0 Å². The molecule has 1 heterocycles. The highest BCUT2D eigenvalue weighted by molar-refractivity contribution is 5.97. The molecule has 3 unspecified atom stereocenters. The topological polar surface area (TPSA) is 43.4 Å². The summed E-state index contributed by atoms with van der Waals surface area (Å²) >= 11 is 0. The van der Waals surface area contributed by atoms with Crippen molar-refractivity contribution >= 4 is 11.9 Å². The SMILES string of the molecule is O=C1OC(=O)[C@@H]2C3C=CC(CCC3)C12. The second kappa shape index (κ2) is 2.69. The molecule has 0 radical (unpaired) electrons. The van der Waals surface area contributed by atoms with Crippen LogP contribution in [0, 0.1) is 23.7 Å². The average molecular weight is 192 g/mol. The molecule has 3 heteroatoms. The highest BCUT2D eigenvalue weighted by Gasteiger charge is 2.53. The van der Waals surface area contributed by atoms with Crippen molar-refractivity contribution in [1.29, 1.82) is 0 Å². The molecule has 2 bridgehead atoms. The Bertz CT molecular complexity index is 301. The van der Waals surface area contributed by atoms with Gasteiger partial charge in [0.15, 0.2) is 0 Å². The predicted octanol–water partition coefficient (Wildman–Crippen LogP) is 1.29. The van der Waals surface area contributed by atoms with Crippen LogP contribution >= 0.6 is 0 Å². The van der Waals surface area contributed by atoms with Crippen LogP contribution in [0.25, 0.3) is 0 Å². The van der Waals surface area contributed by atoms with E-state index in [1.165, 1.54) is 0 Å². The van der Waals surface area contributed by atoms with E-state index in [2.05, 4.69) is 12.2 Å². The zero-order valence-corrected chi connectivity index (χ0v) is 7.81. The van der Waals surface area contributed by atoms with Gasteiger partial charge in [0.25, 0.3) is 0 Å². The molecule has 3 aliphatic carbocycles. The van der Waals surface area contributed by atoms with Crippen LogP contribution in [0.5, 0.6) is 0 Å². The minimum Gasteiger partial charge on any atom is -0.393 e. The zero-order valence-electron chi connectivity index (χ0n) is 7.81. The van der Waals surface area contributed by atoms with Gasteiger partial charge in [0.05, 0.1) is 11.8 Å². The van der Waals surface area contributed by atoms with Crippen LogP contribution in [0.3, 0.4) is 0 Å². The maximum atomic E-state index is 11.5. The van der Waals surface area contributed by atoms with Crippen molar-refractivity contribution in [2.45, 2.75) is 19.3 Å². The Balaban J connectivity index is 2.06. The summed E-state index contributed by atoms with van der Waals surface area (Å²) in [6.07, 6.45) is 7.39. The van der Waals surface area contributed by atoms with Crippen LogP contribution in [0.4, 0.5) is 0 Å². The molecule has 74 valence electrons. The summed E-state index contributed by atoms with van der Waals surface area (Å²) < 4.78 is 4.73. The third-order valence-corrected chi connectivity index (χ3v) is 3.74. The van der Waals surface area contributed by atoms with Crippen molar-refractivity contribution in [1.82, 2.24) is 0 Å². The summed E-state index contributed by atoms with van der Waals surface area (Å²) in [6.45, 7) is 0. The minimum atomic E-state index is -0.291. The van der Waals surface area contributed by atoms with Gasteiger partial charge in [0, 0.05) is 0 Å². The van der Waals surface area contributed by atoms with Crippen LogP contribution in [-0.2, 0) is 14.3 Å². The lowest BCUT2D eigenvalue weighted by atomic mass is 9.73. The van der Waals surface area contributed by atoms with E-state index in [4.69, 9.17) is 4.74 Å². The number of allylic oxidation sites excluding steroid dienone is 2. The average Bonchev–Trinajstić information content (AvgIpc) is 2.42. The number of carbonyl (C=O) groups is 2. The number of fused-ring (bicyclic) bond motifs is 2. The predicted molar refractivity (Wildman–Crippen MR) is 48.1 cm³/mol. The van der Waals surface area contributed by atoms with E-state index in [0.717, 1.165) is 19.3 Å². The third-order valence-electron chi connectivity index (χ3n) is 3.74. The molecule has 3 nitrogen and oxygen atoms in total. The summed E-state index contributed by atoms with van der Waals surface area (Å²) in [6, 6.07) is 0. The maximum Gasteiger partial charge on any atom is 0.318 e. The molecule has 0 aromatic rings. The lowest BCUT2D eigenvalue weighted by Gasteiger charge is -2.25. The van der Waals surface area contributed by atoms with Crippen LogP contribution in [0.1, 0.15) is 19.3 Å². The van der Waals surface area contributed by atoms with E-state index < -0.39 is 0 Å². The second-order valence-electron chi connectivity index (χ2n) is 4.44. The Kier molecular flexibility index (Phi) is 1.58. The van der Waals surface area contributed by atoms with Crippen LogP contribution in [0.2, 0.25) is 0 Å². The molecular weight excluding hydrogens is 180 g/mol. The van der Waals surface area contributed by atoms with Gasteiger partial charge < -0.3 is 4.74 Å². The molecule has 1 aliphatic heterocycles. The standard InChI is InChI=1S/C11H12O3/c12-10-8-6-2-1-3-7(5-4-6)9(8)11(13)14-10/h4-9H,1-3H2/t6?,7?,8-,9?/m1/s1. The number of hydrogen-bond donors (Lipinski definition) is 0. The van der Waals surface area contributed by atoms with E-state index in [9.17, 15) is 9.59 Å². The Labute approximate surface area is 82.1 Å². The number of hydrogen-bond acceptors (Lipinski definition) is 3. The van der Waals surface area contributed by atoms with Crippen LogP contribution in [0.15, 0.2) is 12.2 Å². The van der Waals surface area contributed by atoms with Crippen molar-refractivity contribution in [2.75, 3.05) is 0 Å². The fourth-order valence-corrected chi connectivity index (χ4v) is 3.08. The van der Waals surface area contributed by atoms with Gasteiger partial charge in [-0.25, -0.2) is 0 Å². The van der Waals surface area contributed by atoms with Gasteiger partial charge >= 0.3 is 11.9 Å². The molecule has 1 saturated heterocycles. The Morgan fingerprint density at radius 2 is 1.50 bits per heavy atom. The molecular formula is C11H12O3. The first-order valence-corrected chi connectivity index (χ1v) is 5.21. The van der Waals surface area contributed by atoms with Crippen molar-refractivity contribution in [3.05, 3.63) is 12.2 Å². The van der Waals surface area contributed by atoms with Gasteiger partial charge in [-0.15, -0.1) is 0 Å². The van der Waals surface area contributed by atoms with E-state index in [1.807, 2.05) is 0 Å². The molecule has 1 saturated carbocycles. The summed E-state index contributed by atoms with van der Waals surface area (Å²) in [5.74, 6) is -0.419. The quantitative estimate of drug-likeness (QED) is 0.330. The highest BCUT2D eigenvalue weighted by atomic mass is 16.6. The van der Waals surface area contributed by atoms with Gasteiger partial charge in [-0.05, 0) is 24.7 Å². The van der Waals surface area contributed by atoms with Crippen molar-refractivity contribution in [3.63, 3.8) is 0 Å². The van der Waals surface area contributed by atoms with Crippen molar-refractivity contribution in [3.8, 4) is 0 Å². The van der Waals surface area contributed by atoms with Crippen LogP contribution in [-0.4, -0.2) is 11.9 Å². The van der Waals surface area contributed by atoms with Crippen molar-refractivity contribution < 1.29 is 14.3 Å². The Morgan fingerprint density at radius 1 is 1.00 bits per heavy atom. The van der Waals surface area contributed by atoms with Gasteiger partial charge in [0.1, 0.15) is 0 Å². The molecule has 0 aromatic heterocycles. The second-order valence-corrected chi connectivity index (χ2v) is 4.44. The summed E-state index contributed by atoms with van der Waals surface area (Å²) in [5, 5.41) is 0. The molecule has 4 aliphatic rings. The first kappa shape index (κ1) is 8.21. The molecule has 0 aromatic carbocycles. The molecule has 0 amide bonds. The fourth-order valence-electron chi connectivity index (χ4n) is 3.08. The van der Waals surface area contributed by atoms with Crippen molar-refractivity contribution in [2.24, 2.45) is 23.7 Å². The molecule has 2 fully saturated rings. The van der Waals surface area contributed by atoms with Gasteiger partial charge in [-0.2, -0.15) is 0 Å². The smallest absolute Gasteiger partial charge is 0.318 e. The number of esters is 2. The monoisotopic (exact) mass is 192 g/mol. The molecule has 4 atom stereocenters. The number of cyclic esters (lactones) is 2. The fraction of sp³-hybridized carbons (Fsp3) is 0.636. The molecule has 14 heavy (non-hydrogen) atoms. The molecule has 4 rings (SSSR count). The summed E-state index contributed by atoms with van der Waals surface area (Å²) in [5.41, 5.74) is 0. The lowest BCUT2D eigenvalue weighted by Crippen LogP contribution is -2.31. The largest absolute Gasteiger partial charge is 0.393 e. The molecule has 0 N–H and O–H groups in total. The number of carbonyl (C=O) groups excluding carboxylic acids is 2. The van der Waals surface area contributed by atoms with E-state index in [0.29, 0.717) is 0 Å². The minimum absolute atomic E-state index is 0.167. The first-order chi connectivity index (χ1) is 6.77. The van der Waals surface area contributed by atoms with Gasteiger partial charge in [-0.1, -0.05) is 18.6 Å². The highest BCUT2D eigenvalue weighted by Crippen LogP contribution is 2.46. The third kappa shape index (κ3) is 0.925. The van der Waals surface area contributed by atoms with Crippen LogP contribution < -0.4 is 0 Å². The number of ether oxygens (including phenoxy) is 1. The maximum absolute atomic E-state index is 11.5. The van der Waals surface area contributed by atoms with E-state index >= 15 is 0 Å². The first-order valence-electron chi connectivity index (χ1n) is 5.21. The van der Waals surface area contributed by atoms with E-state index in [-0.39, 0.29) is 35.6 Å². The zero-order chi connectivity index (χ0) is 9.71. The normalized spacial score (nSPS) is 44.9. The number of rotatable bonds is 0. The Hall–Kier alpha value is -1.12. The molecule has 0 spiro atoms. The Morgan fingerprint density at radius 3 is 2.00 bits per heavy atom. The summed E-state index contributed by atoms with van der Waals surface area (Å²) in [4.78, 5) is 23.0. The van der Waals surface area contributed by atoms with Gasteiger partial charge in [0.2, 0.25) is 0 Å². The van der Waals surface area contributed by atoms with Gasteiger partial charge in [-0.3, -0.25) is 9.59 Å².